The molecule has 0 saturated carbocycles. The van der Waals surface area contributed by atoms with Crippen molar-refractivity contribution in [1.82, 2.24) is 0 Å². The zero-order valence-electron chi connectivity index (χ0n) is 15.4. The average Bonchev–Trinajstić information content (AvgIpc) is 2.39. The van der Waals surface area contributed by atoms with Gasteiger partial charge in [-0.1, -0.05) is 34.4 Å². The van der Waals surface area contributed by atoms with Crippen LogP contribution >= 0.6 is 0 Å². The Hall–Kier alpha value is -0.181. The fraction of sp³-hybridized carbons (Fsp3) is 0.500. The van der Waals surface area contributed by atoms with Gasteiger partial charge in [0.25, 0.3) is 0 Å². The van der Waals surface area contributed by atoms with Crippen molar-refractivity contribution in [2.24, 2.45) is 0 Å². The summed E-state index contributed by atoms with van der Waals surface area (Å²) in [7, 11) is 0. The molecule has 2 nitrogen and oxygen atoms in total. The van der Waals surface area contributed by atoms with E-state index in [2.05, 4.69) is 39.8 Å². The molecule has 0 aromatic heterocycles. The molecule has 0 aliphatic rings. The van der Waals surface area contributed by atoms with E-state index in [1.165, 1.54) is 11.1 Å². The van der Waals surface area contributed by atoms with Gasteiger partial charge < -0.3 is 0 Å². The van der Waals surface area contributed by atoms with Gasteiger partial charge in [0.05, 0.1) is 0 Å². The Morgan fingerprint density at radius 1 is 0.652 bits per heavy atom. The number of hydrogen-bond acceptors (Lipinski definition) is 2. The standard InChI is InChI=1S/2C10H16O.Yb/c2*1-9(2)5-4-6-10(3)7-8-11;/h2*5,7-8H,4,6H2,1-3H3;/b2*10-7-;. The van der Waals surface area contributed by atoms with Gasteiger partial charge in [-0.3, -0.25) is 9.59 Å². The molecular weight excluding hydrogens is 445 g/mol. The first-order valence-electron chi connectivity index (χ1n) is 7.82. The maximum absolute atomic E-state index is 10.0. The molecule has 138 valence electrons. The molecule has 0 bridgehead atoms. The van der Waals surface area contributed by atoms with Crippen LogP contribution in [0.4, 0.5) is 0 Å². The Balaban J connectivity index is -0.000000333. The van der Waals surface area contributed by atoms with Crippen LogP contribution in [0.5, 0.6) is 0 Å². The van der Waals surface area contributed by atoms with E-state index >= 15 is 0 Å². The van der Waals surface area contributed by atoms with Crippen LogP contribution in [0.1, 0.15) is 67.2 Å². The Bertz CT molecular complexity index is 391. The summed E-state index contributed by atoms with van der Waals surface area (Å²) < 4.78 is 0. The van der Waals surface area contributed by atoms with Crippen LogP contribution in [0.2, 0.25) is 0 Å². The van der Waals surface area contributed by atoms with Gasteiger partial charge in [-0.25, -0.2) is 0 Å². The molecule has 0 aliphatic heterocycles. The van der Waals surface area contributed by atoms with Crippen LogP contribution in [0.15, 0.2) is 46.6 Å². The minimum atomic E-state index is 0. The summed E-state index contributed by atoms with van der Waals surface area (Å²) >= 11 is 0. The van der Waals surface area contributed by atoms with E-state index in [1.54, 1.807) is 12.2 Å². The molecule has 0 radical (unpaired) electrons. The minimum Gasteiger partial charge on any atom is -0.299 e. The summed E-state index contributed by atoms with van der Waals surface area (Å²) in [5.41, 5.74) is 4.97. The van der Waals surface area contributed by atoms with Crippen molar-refractivity contribution in [2.75, 3.05) is 0 Å². The van der Waals surface area contributed by atoms with Gasteiger partial charge in [-0.15, -0.1) is 0 Å². The topological polar surface area (TPSA) is 34.1 Å². The van der Waals surface area contributed by atoms with Gasteiger partial charge >= 0.3 is 0 Å². The Morgan fingerprint density at radius 3 is 1.17 bits per heavy atom. The van der Waals surface area contributed by atoms with Crippen molar-refractivity contribution in [2.45, 2.75) is 67.2 Å². The van der Waals surface area contributed by atoms with Crippen LogP contribution < -0.4 is 0 Å². The maximum Gasteiger partial charge on any atom is 0.142 e. The van der Waals surface area contributed by atoms with E-state index in [1.807, 2.05) is 13.8 Å². The molecule has 0 aromatic carbocycles. The van der Waals surface area contributed by atoms with Crippen molar-refractivity contribution in [1.29, 1.82) is 0 Å². The second kappa shape index (κ2) is 19.9. The number of allylic oxidation sites excluding steroid dienone is 8. The molecule has 0 unspecified atom stereocenters. The maximum atomic E-state index is 10.0. The molecule has 0 atom stereocenters. The van der Waals surface area contributed by atoms with Gasteiger partial charge in [0, 0.05) is 46.9 Å². The van der Waals surface area contributed by atoms with E-state index in [0.29, 0.717) is 0 Å². The fourth-order valence-electron chi connectivity index (χ4n) is 1.58. The van der Waals surface area contributed by atoms with Gasteiger partial charge in [0.1, 0.15) is 12.6 Å². The molecule has 0 aromatic rings. The number of aldehydes is 2. The molecular formula is C20H32O2Yb. The monoisotopic (exact) mass is 478 g/mol. The third-order valence-electron chi connectivity index (χ3n) is 2.89. The van der Waals surface area contributed by atoms with Crippen molar-refractivity contribution in [3.8, 4) is 0 Å². The molecule has 0 aliphatic carbocycles. The molecule has 0 N–H and O–H groups in total. The summed E-state index contributed by atoms with van der Waals surface area (Å²) in [5.74, 6) is 0. The summed E-state index contributed by atoms with van der Waals surface area (Å²) in [6.45, 7) is 12.3. The third-order valence-corrected chi connectivity index (χ3v) is 2.89. The third kappa shape index (κ3) is 27.0. The minimum absolute atomic E-state index is 0. The molecule has 0 spiro atoms. The predicted molar refractivity (Wildman–Crippen MR) is 97.0 cm³/mol. The van der Waals surface area contributed by atoms with E-state index in [4.69, 9.17) is 0 Å². The zero-order chi connectivity index (χ0) is 17.4. The first-order valence-corrected chi connectivity index (χ1v) is 7.82. The second-order valence-corrected chi connectivity index (χ2v) is 5.94. The SMILES string of the molecule is CC(C)=CCC/C(C)=C\C=O.CC(C)=CCC/C(C)=C\C=O.[Yb]. The second-order valence-electron chi connectivity index (χ2n) is 5.94. The van der Waals surface area contributed by atoms with Gasteiger partial charge in [-0.2, -0.15) is 0 Å². The van der Waals surface area contributed by atoms with Gasteiger partial charge in [0.2, 0.25) is 0 Å². The number of hydrogen-bond donors (Lipinski definition) is 0. The van der Waals surface area contributed by atoms with Crippen molar-refractivity contribution < 1.29 is 56.5 Å². The Morgan fingerprint density at radius 2 is 0.957 bits per heavy atom. The van der Waals surface area contributed by atoms with Crippen molar-refractivity contribution >= 4 is 12.6 Å². The number of rotatable bonds is 8. The van der Waals surface area contributed by atoms with E-state index in [9.17, 15) is 9.59 Å². The first-order chi connectivity index (χ1) is 10.3. The zero-order valence-corrected chi connectivity index (χ0v) is 17.1. The quantitative estimate of drug-likeness (QED) is 0.253. The van der Waals surface area contributed by atoms with Crippen molar-refractivity contribution in [3.05, 3.63) is 46.6 Å². The largest absolute Gasteiger partial charge is 0.299 e. The molecule has 0 fully saturated rings. The fourth-order valence-corrected chi connectivity index (χ4v) is 1.58. The Labute approximate surface area is 181 Å². The Kier molecular flexibility index (Phi) is 23.9. The van der Waals surface area contributed by atoms with Crippen LogP contribution in [-0.4, -0.2) is 12.6 Å². The predicted octanol–water partition coefficient (Wildman–Crippen LogP) is 5.76. The van der Waals surface area contributed by atoms with Crippen LogP contribution in [0.25, 0.3) is 0 Å². The van der Waals surface area contributed by atoms with E-state index < -0.39 is 0 Å². The molecule has 0 amide bonds. The van der Waals surface area contributed by atoms with Gasteiger partial charge in [-0.05, 0) is 79.4 Å². The van der Waals surface area contributed by atoms with E-state index in [0.717, 1.165) is 49.4 Å². The van der Waals surface area contributed by atoms with Crippen molar-refractivity contribution in [3.63, 3.8) is 0 Å². The average molecular weight is 478 g/mol. The van der Waals surface area contributed by atoms with Crippen LogP contribution in [-0.2, 0) is 9.59 Å². The molecule has 0 rings (SSSR count). The first kappa shape index (κ1) is 27.7. The summed E-state index contributed by atoms with van der Waals surface area (Å²) in [4.78, 5) is 20.0. The van der Waals surface area contributed by atoms with E-state index in [-0.39, 0.29) is 46.9 Å². The summed E-state index contributed by atoms with van der Waals surface area (Å²) in [6, 6.07) is 0. The van der Waals surface area contributed by atoms with Crippen LogP contribution in [0.3, 0.4) is 0 Å². The summed E-state index contributed by atoms with van der Waals surface area (Å²) in [5, 5.41) is 0. The normalized spacial score (nSPS) is 10.5. The molecule has 23 heavy (non-hydrogen) atoms. The van der Waals surface area contributed by atoms with Crippen LogP contribution in [0, 0.1) is 46.9 Å². The molecule has 0 heterocycles. The molecule has 3 heteroatoms. The van der Waals surface area contributed by atoms with Gasteiger partial charge in [0.15, 0.2) is 0 Å². The number of carbonyl (C=O) groups excluding carboxylic acids is 2. The smallest absolute Gasteiger partial charge is 0.142 e. The number of carbonyl (C=O) groups is 2. The molecule has 0 saturated heterocycles. The summed E-state index contributed by atoms with van der Waals surface area (Å²) in [6.07, 6.45) is 13.4.